The van der Waals surface area contributed by atoms with E-state index in [1.54, 1.807) is 26.0 Å². The lowest BCUT2D eigenvalue weighted by Crippen LogP contribution is -2.22. The number of nitrogens with one attached hydrogen (secondary N) is 1. The molecule has 7 heteroatoms. The first-order valence-electron chi connectivity index (χ1n) is 9.38. The molecule has 0 heterocycles. The summed E-state index contributed by atoms with van der Waals surface area (Å²) in [7, 11) is 3.25. The summed E-state index contributed by atoms with van der Waals surface area (Å²) < 4.78 is 10.6. The highest BCUT2D eigenvalue weighted by molar-refractivity contribution is 7.99. The molecule has 0 aromatic heterocycles. The third-order valence-electron chi connectivity index (χ3n) is 4.38. The Balaban J connectivity index is 1.70. The average Bonchev–Trinajstić information content (AvgIpc) is 2.73. The molecule has 1 N–H and O–H groups in total. The number of rotatable bonds is 12. The maximum Gasteiger partial charge on any atom is 0.220 e. The molecule has 0 saturated heterocycles. The number of carbonyl (C=O) groups excluding carboxylic acids is 1. The molecule has 2 aromatic rings. The van der Waals surface area contributed by atoms with E-state index in [-0.39, 0.29) is 5.91 Å². The summed E-state index contributed by atoms with van der Waals surface area (Å²) in [6.07, 6.45) is 3.15. The first kappa shape index (κ1) is 23.1. The number of hydrogen-bond donors (Lipinski definition) is 1. The van der Waals surface area contributed by atoms with E-state index in [2.05, 4.69) is 17.0 Å². The molecule has 0 aliphatic rings. The molecule has 0 spiro atoms. The van der Waals surface area contributed by atoms with Crippen LogP contribution in [0.5, 0.6) is 11.5 Å². The zero-order chi connectivity index (χ0) is 21.1. The van der Waals surface area contributed by atoms with Crippen molar-refractivity contribution in [1.29, 1.82) is 0 Å². The van der Waals surface area contributed by atoms with Gasteiger partial charge in [0, 0.05) is 16.3 Å². The van der Waals surface area contributed by atoms with E-state index in [1.165, 1.54) is 5.56 Å². The van der Waals surface area contributed by atoms with Crippen LogP contribution >= 0.6 is 23.4 Å². The molecule has 0 radical (unpaired) electrons. The smallest absolute Gasteiger partial charge is 0.220 e. The summed E-state index contributed by atoms with van der Waals surface area (Å²) in [5.74, 6) is 2.00. The number of ether oxygens (including phenoxy) is 2. The molecule has 156 valence electrons. The molecular formula is C22H27ClN2O3S. The van der Waals surface area contributed by atoms with Gasteiger partial charge in [0.1, 0.15) is 0 Å². The minimum atomic E-state index is 0.0511. The molecule has 29 heavy (non-hydrogen) atoms. The molecule has 2 rings (SSSR count). The lowest BCUT2D eigenvalue weighted by molar-refractivity contribution is -0.120. The van der Waals surface area contributed by atoms with Crippen molar-refractivity contribution in [2.45, 2.75) is 37.1 Å². The number of amides is 1. The molecule has 0 aliphatic carbocycles. The van der Waals surface area contributed by atoms with Crippen LogP contribution in [-0.4, -0.2) is 32.7 Å². The topological polar surface area (TPSA) is 59.9 Å². The molecule has 0 atom stereocenters. The Kier molecular flexibility index (Phi) is 9.88. The number of unbranched alkanes of at least 4 members (excludes halogenated alkanes) is 1. The fourth-order valence-electron chi connectivity index (χ4n) is 2.85. The molecule has 5 nitrogen and oxygen atoms in total. The quantitative estimate of drug-likeness (QED) is 0.217. The molecule has 2 aromatic carbocycles. The maximum absolute atomic E-state index is 12.1. The number of aryl methyl sites for hydroxylation is 1. The number of carbonyl (C=O) groups is 1. The highest BCUT2D eigenvalue weighted by Gasteiger charge is 2.07. The summed E-state index contributed by atoms with van der Waals surface area (Å²) in [6, 6.07) is 11.6. The predicted octanol–water partition coefficient (Wildman–Crippen LogP) is 5.14. The summed E-state index contributed by atoms with van der Waals surface area (Å²) in [5.41, 5.74) is 2.22. The van der Waals surface area contributed by atoms with Crippen molar-refractivity contribution in [3.05, 3.63) is 52.5 Å². The Bertz CT molecular complexity index is 830. The number of nitrogens with zero attached hydrogens (tertiary/aromatic N) is 1. The van der Waals surface area contributed by atoms with Gasteiger partial charge in [0.05, 0.1) is 26.6 Å². The van der Waals surface area contributed by atoms with Gasteiger partial charge in [-0.15, -0.1) is 11.8 Å². The van der Waals surface area contributed by atoms with Gasteiger partial charge >= 0.3 is 0 Å². The highest BCUT2D eigenvalue weighted by atomic mass is 35.5. The lowest BCUT2D eigenvalue weighted by Gasteiger charge is -2.10. The Morgan fingerprint density at radius 2 is 1.93 bits per heavy atom. The second kappa shape index (κ2) is 12.4. The predicted molar refractivity (Wildman–Crippen MR) is 121 cm³/mol. The van der Waals surface area contributed by atoms with Crippen LogP contribution in [0.3, 0.4) is 0 Å². The van der Waals surface area contributed by atoms with Crippen LogP contribution in [0.15, 0.2) is 46.3 Å². The van der Waals surface area contributed by atoms with Gasteiger partial charge in [0.25, 0.3) is 0 Å². The van der Waals surface area contributed by atoms with Crippen molar-refractivity contribution in [2.75, 3.05) is 20.1 Å². The Labute approximate surface area is 181 Å². The monoisotopic (exact) mass is 434 g/mol. The summed E-state index contributed by atoms with van der Waals surface area (Å²) in [4.78, 5) is 17.0. The van der Waals surface area contributed by atoms with Crippen molar-refractivity contribution in [2.24, 2.45) is 4.99 Å². The number of aliphatic imine (C=N–C) groups is 1. The van der Waals surface area contributed by atoms with E-state index >= 15 is 0 Å². The molecule has 1 amide bonds. The number of benzene rings is 2. The Hall–Kier alpha value is -2.18. The Morgan fingerprint density at radius 1 is 1.14 bits per heavy atom. The summed E-state index contributed by atoms with van der Waals surface area (Å²) in [5, 5.41) is 3.62. The second-order valence-corrected chi connectivity index (χ2v) is 7.87. The molecular weight excluding hydrogens is 408 g/mol. The van der Waals surface area contributed by atoms with Gasteiger partial charge in [-0.25, -0.2) is 0 Å². The number of hydrogen-bond acceptors (Lipinski definition) is 5. The van der Waals surface area contributed by atoms with Crippen molar-refractivity contribution in [3.63, 3.8) is 0 Å². The van der Waals surface area contributed by atoms with Crippen molar-refractivity contribution in [3.8, 4) is 11.5 Å². The van der Waals surface area contributed by atoms with Crippen LogP contribution in [0.25, 0.3) is 0 Å². The first-order valence-corrected chi connectivity index (χ1v) is 10.7. The first-order chi connectivity index (χ1) is 14.1. The summed E-state index contributed by atoms with van der Waals surface area (Å²) >= 11 is 7.61. The Morgan fingerprint density at radius 3 is 2.66 bits per heavy atom. The molecule has 0 fully saturated rings. The van der Waals surface area contributed by atoms with Crippen LogP contribution in [0.1, 0.15) is 30.4 Å². The number of halogens is 1. The van der Waals surface area contributed by atoms with Gasteiger partial charge < -0.3 is 14.8 Å². The van der Waals surface area contributed by atoms with Crippen molar-refractivity contribution in [1.82, 2.24) is 5.32 Å². The SMILES string of the molecule is C=NCc1ccc(Cl)cc1SCNC(=O)CCCCc1ccc(OC)c(OC)c1. The van der Waals surface area contributed by atoms with Gasteiger partial charge in [-0.1, -0.05) is 23.7 Å². The average molecular weight is 435 g/mol. The van der Waals surface area contributed by atoms with E-state index < -0.39 is 0 Å². The van der Waals surface area contributed by atoms with E-state index in [0.717, 1.165) is 41.2 Å². The van der Waals surface area contributed by atoms with E-state index in [0.29, 0.717) is 23.9 Å². The lowest BCUT2D eigenvalue weighted by atomic mass is 10.1. The maximum atomic E-state index is 12.1. The van der Waals surface area contributed by atoms with Crippen LogP contribution in [-0.2, 0) is 17.8 Å². The third-order valence-corrected chi connectivity index (χ3v) is 5.59. The fraction of sp³-hybridized carbons (Fsp3) is 0.364. The number of thioether (sulfide) groups is 1. The zero-order valence-electron chi connectivity index (χ0n) is 16.9. The molecule has 0 bridgehead atoms. The van der Waals surface area contributed by atoms with Gasteiger partial charge in [-0.05, 0) is 61.4 Å². The summed E-state index contributed by atoms with van der Waals surface area (Å²) in [6.45, 7) is 4.07. The van der Waals surface area contributed by atoms with E-state index in [9.17, 15) is 4.79 Å². The third kappa shape index (κ3) is 7.63. The zero-order valence-corrected chi connectivity index (χ0v) is 18.4. The fourth-order valence-corrected chi connectivity index (χ4v) is 4.00. The van der Waals surface area contributed by atoms with Crippen molar-refractivity contribution >= 4 is 36.0 Å². The highest BCUT2D eigenvalue weighted by Crippen LogP contribution is 2.28. The van der Waals surface area contributed by atoms with Crippen LogP contribution in [0.4, 0.5) is 0 Å². The standard InChI is InChI=1S/C22H27ClN2O3S/c1-24-14-17-9-10-18(23)13-21(17)29-15-25-22(26)7-5-4-6-16-8-11-19(27-2)20(12-16)28-3/h8-13H,1,4-7,14-15H2,2-3H3,(H,25,26). The van der Waals surface area contributed by atoms with E-state index in [1.807, 2.05) is 36.4 Å². The molecule has 0 saturated carbocycles. The molecule has 0 unspecified atom stereocenters. The second-order valence-electron chi connectivity index (χ2n) is 6.42. The number of methoxy groups -OCH3 is 2. The van der Waals surface area contributed by atoms with Crippen molar-refractivity contribution < 1.29 is 14.3 Å². The molecule has 0 aliphatic heterocycles. The van der Waals surface area contributed by atoms with Crippen LogP contribution < -0.4 is 14.8 Å². The van der Waals surface area contributed by atoms with Gasteiger partial charge in [0.2, 0.25) is 5.91 Å². The van der Waals surface area contributed by atoms with E-state index in [4.69, 9.17) is 21.1 Å². The van der Waals surface area contributed by atoms with Crippen LogP contribution in [0.2, 0.25) is 5.02 Å². The van der Waals surface area contributed by atoms with Gasteiger partial charge in [0.15, 0.2) is 11.5 Å². The minimum Gasteiger partial charge on any atom is -0.493 e. The minimum absolute atomic E-state index is 0.0511. The normalized spacial score (nSPS) is 10.4. The van der Waals surface area contributed by atoms with Gasteiger partial charge in [-0.2, -0.15) is 0 Å². The van der Waals surface area contributed by atoms with Crippen LogP contribution in [0, 0.1) is 0 Å². The largest absolute Gasteiger partial charge is 0.493 e. The van der Waals surface area contributed by atoms with Gasteiger partial charge in [-0.3, -0.25) is 9.79 Å².